The molecule has 0 aliphatic rings. The third kappa shape index (κ3) is 4.44. The lowest BCUT2D eigenvalue weighted by molar-refractivity contribution is 0.0940. The molecule has 2 aromatic carbocycles. The van der Waals surface area contributed by atoms with Crippen LogP contribution in [0.4, 0.5) is 5.82 Å². The Balaban J connectivity index is 1.47. The molecule has 1 amide bonds. The van der Waals surface area contributed by atoms with E-state index in [2.05, 4.69) is 20.4 Å². The molecule has 192 valence electrons. The molecule has 11 heteroatoms. The topological polar surface area (TPSA) is 133 Å². The van der Waals surface area contributed by atoms with Crippen LogP contribution in [-0.4, -0.2) is 35.0 Å². The molecule has 0 radical (unpaired) electrons. The number of carbonyl (C=O) groups excluding carboxylic acids is 1. The summed E-state index contributed by atoms with van der Waals surface area (Å²) in [7, 11) is 0. The maximum atomic E-state index is 14.1. The van der Waals surface area contributed by atoms with Gasteiger partial charge < -0.3 is 11.1 Å². The van der Waals surface area contributed by atoms with Crippen LogP contribution >= 0.6 is 11.3 Å². The maximum absolute atomic E-state index is 14.1. The number of para-hydroxylation sites is 1. The van der Waals surface area contributed by atoms with Crippen LogP contribution in [0.5, 0.6) is 0 Å². The third-order valence-electron chi connectivity index (χ3n) is 6.24. The molecular formula is C28H22N8O2S. The standard InChI is InChI=1S/C28H22N8O2S/c1-17(32-27(37)23-24(29)34-35-14-6-13-30-26(23)35)25-33-21-10-5-7-18(11-12-19-15-39-16-31-19)22(21)28(38)36(25)20-8-3-2-4-9-20/h2-17H,1H3,(H2,29,34)(H,32,37)/b12-11+. The van der Waals surface area contributed by atoms with Crippen molar-refractivity contribution in [3.05, 3.63) is 111 Å². The molecule has 1 atom stereocenters. The number of rotatable bonds is 6. The fraction of sp³-hybridized carbons (Fsp3) is 0.0714. The zero-order valence-electron chi connectivity index (χ0n) is 20.7. The van der Waals surface area contributed by atoms with E-state index in [9.17, 15) is 9.59 Å². The van der Waals surface area contributed by atoms with Crippen molar-refractivity contribution in [1.29, 1.82) is 0 Å². The average molecular weight is 535 g/mol. The molecule has 0 aliphatic heterocycles. The number of hydrogen-bond acceptors (Lipinski definition) is 8. The highest BCUT2D eigenvalue weighted by atomic mass is 32.1. The Labute approximate surface area is 226 Å². The van der Waals surface area contributed by atoms with Crippen LogP contribution in [0.3, 0.4) is 0 Å². The van der Waals surface area contributed by atoms with Crippen LogP contribution < -0.4 is 16.6 Å². The molecular weight excluding hydrogens is 512 g/mol. The second-order valence-corrected chi connectivity index (χ2v) is 9.50. The number of benzene rings is 2. The smallest absolute Gasteiger partial charge is 0.266 e. The number of fused-ring (bicyclic) bond motifs is 2. The molecule has 0 saturated carbocycles. The van der Waals surface area contributed by atoms with Gasteiger partial charge in [-0.15, -0.1) is 16.4 Å². The molecule has 10 nitrogen and oxygen atoms in total. The van der Waals surface area contributed by atoms with Crippen LogP contribution in [0, 0.1) is 0 Å². The molecule has 4 aromatic heterocycles. The van der Waals surface area contributed by atoms with Gasteiger partial charge in [0.2, 0.25) is 0 Å². The van der Waals surface area contributed by atoms with Crippen LogP contribution in [0.25, 0.3) is 34.4 Å². The molecule has 6 aromatic rings. The largest absolute Gasteiger partial charge is 0.381 e. The lowest BCUT2D eigenvalue weighted by Gasteiger charge is -2.20. The van der Waals surface area contributed by atoms with E-state index in [-0.39, 0.29) is 16.9 Å². The number of nitrogens with zero attached hydrogens (tertiary/aromatic N) is 6. The zero-order valence-corrected chi connectivity index (χ0v) is 21.5. The number of anilines is 1. The Bertz CT molecular complexity index is 1910. The summed E-state index contributed by atoms with van der Waals surface area (Å²) in [6.45, 7) is 1.77. The van der Waals surface area contributed by atoms with E-state index < -0.39 is 11.9 Å². The lowest BCUT2D eigenvalue weighted by atomic mass is 10.1. The molecule has 0 spiro atoms. The summed E-state index contributed by atoms with van der Waals surface area (Å²) in [5, 5.41) is 9.50. The summed E-state index contributed by atoms with van der Waals surface area (Å²) in [6.07, 6.45) is 6.96. The van der Waals surface area contributed by atoms with Gasteiger partial charge in [-0.1, -0.05) is 36.4 Å². The fourth-order valence-electron chi connectivity index (χ4n) is 4.46. The van der Waals surface area contributed by atoms with Gasteiger partial charge in [-0.25, -0.2) is 19.5 Å². The number of amides is 1. The second-order valence-electron chi connectivity index (χ2n) is 8.78. The first-order valence-corrected chi connectivity index (χ1v) is 13.0. The van der Waals surface area contributed by atoms with Gasteiger partial charge in [0.1, 0.15) is 11.4 Å². The van der Waals surface area contributed by atoms with Crippen LogP contribution in [0.1, 0.15) is 40.4 Å². The van der Waals surface area contributed by atoms with Gasteiger partial charge in [0, 0.05) is 17.8 Å². The average Bonchev–Trinajstić information content (AvgIpc) is 3.59. The van der Waals surface area contributed by atoms with Crippen molar-refractivity contribution in [3.63, 3.8) is 0 Å². The number of carbonyl (C=O) groups is 1. The summed E-state index contributed by atoms with van der Waals surface area (Å²) in [5.74, 6) is -0.0415. The molecule has 0 bridgehead atoms. The molecule has 39 heavy (non-hydrogen) atoms. The van der Waals surface area contributed by atoms with Crippen molar-refractivity contribution in [1.82, 2.24) is 34.4 Å². The van der Waals surface area contributed by atoms with Gasteiger partial charge in [-0.2, -0.15) is 0 Å². The summed E-state index contributed by atoms with van der Waals surface area (Å²) < 4.78 is 2.98. The molecule has 4 heterocycles. The minimum atomic E-state index is -0.665. The number of hydrogen-bond donors (Lipinski definition) is 2. The fourth-order valence-corrected chi connectivity index (χ4v) is 4.99. The Hall–Kier alpha value is -5.16. The highest BCUT2D eigenvalue weighted by Gasteiger charge is 2.24. The van der Waals surface area contributed by atoms with Crippen LogP contribution in [-0.2, 0) is 0 Å². The van der Waals surface area contributed by atoms with Gasteiger partial charge in [-0.05, 0) is 42.8 Å². The third-order valence-corrected chi connectivity index (χ3v) is 6.84. The van der Waals surface area contributed by atoms with Crippen molar-refractivity contribution in [2.75, 3.05) is 5.73 Å². The van der Waals surface area contributed by atoms with E-state index in [1.54, 1.807) is 37.0 Å². The van der Waals surface area contributed by atoms with Gasteiger partial charge in [0.05, 0.1) is 33.8 Å². The van der Waals surface area contributed by atoms with Crippen molar-refractivity contribution >= 4 is 51.8 Å². The zero-order chi connectivity index (χ0) is 26.9. The number of thiazole rings is 1. The number of nitrogens with one attached hydrogen (secondary N) is 1. The Morgan fingerprint density at radius 3 is 2.72 bits per heavy atom. The highest BCUT2D eigenvalue weighted by Crippen LogP contribution is 2.23. The van der Waals surface area contributed by atoms with E-state index in [1.165, 1.54) is 20.4 Å². The summed E-state index contributed by atoms with van der Waals surface area (Å²) in [5.41, 5.74) is 10.7. The predicted molar refractivity (Wildman–Crippen MR) is 152 cm³/mol. The maximum Gasteiger partial charge on any atom is 0.266 e. The summed E-state index contributed by atoms with van der Waals surface area (Å²) >= 11 is 1.50. The number of nitrogen functional groups attached to an aromatic ring is 1. The predicted octanol–water partition coefficient (Wildman–Crippen LogP) is 4.13. The minimum absolute atomic E-state index is 0.0573. The van der Waals surface area contributed by atoms with Crippen LogP contribution in [0.15, 0.2) is 82.7 Å². The molecule has 6 rings (SSSR count). The minimum Gasteiger partial charge on any atom is -0.381 e. The molecule has 3 N–H and O–H groups in total. The van der Waals surface area contributed by atoms with Gasteiger partial charge in [0.15, 0.2) is 11.5 Å². The van der Waals surface area contributed by atoms with E-state index in [4.69, 9.17) is 10.7 Å². The first-order chi connectivity index (χ1) is 19.0. The molecule has 1 unspecified atom stereocenters. The molecule has 0 aliphatic carbocycles. The number of nitrogens with two attached hydrogens (primary N) is 1. The first kappa shape index (κ1) is 24.2. The summed E-state index contributed by atoms with van der Waals surface area (Å²) in [6, 6.07) is 15.8. The van der Waals surface area contributed by atoms with Crippen molar-refractivity contribution in [2.24, 2.45) is 0 Å². The lowest BCUT2D eigenvalue weighted by Crippen LogP contribution is -2.33. The van der Waals surface area contributed by atoms with Crippen molar-refractivity contribution < 1.29 is 4.79 Å². The number of aromatic nitrogens is 6. The second kappa shape index (κ2) is 9.95. The molecule has 0 fully saturated rings. The normalized spacial score (nSPS) is 12.3. The van der Waals surface area contributed by atoms with Crippen LogP contribution in [0.2, 0.25) is 0 Å². The Morgan fingerprint density at radius 1 is 1.08 bits per heavy atom. The highest BCUT2D eigenvalue weighted by molar-refractivity contribution is 7.07. The molecule has 0 saturated heterocycles. The Kier molecular flexibility index (Phi) is 6.17. The SMILES string of the molecule is CC(NC(=O)c1c(N)nn2cccnc12)c1nc2cccc(/C=C/c3cscn3)c2c(=O)n1-c1ccccc1. The van der Waals surface area contributed by atoms with Gasteiger partial charge in [-0.3, -0.25) is 14.2 Å². The van der Waals surface area contributed by atoms with E-state index in [0.717, 1.165) is 11.3 Å². The van der Waals surface area contributed by atoms with E-state index >= 15 is 0 Å². The van der Waals surface area contributed by atoms with E-state index in [1.807, 2.05) is 60.0 Å². The van der Waals surface area contributed by atoms with Crippen molar-refractivity contribution in [2.45, 2.75) is 13.0 Å². The first-order valence-electron chi connectivity index (χ1n) is 12.1. The van der Waals surface area contributed by atoms with Crippen molar-refractivity contribution in [3.8, 4) is 5.69 Å². The Morgan fingerprint density at radius 2 is 1.92 bits per heavy atom. The van der Waals surface area contributed by atoms with E-state index in [0.29, 0.717) is 28.1 Å². The van der Waals surface area contributed by atoms with Gasteiger partial charge in [0.25, 0.3) is 11.5 Å². The van der Waals surface area contributed by atoms with Gasteiger partial charge >= 0.3 is 0 Å². The monoisotopic (exact) mass is 534 g/mol. The summed E-state index contributed by atoms with van der Waals surface area (Å²) in [4.78, 5) is 40.9. The quantitative estimate of drug-likeness (QED) is 0.328.